The third-order valence-corrected chi connectivity index (χ3v) is 2.96. The third-order valence-electron chi connectivity index (χ3n) is 2.96. The molecule has 1 aromatic carbocycles. The Labute approximate surface area is 116 Å². The number of fused-ring (bicyclic) bond motifs is 1. The second-order valence-electron chi connectivity index (χ2n) is 4.46. The average Bonchev–Trinajstić information content (AvgIpc) is 2.44. The van der Waals surface area contributed by atoms with Gasteiger partial charge in [0.15, 0.2) is 0 Å². The van der Waals surface area contributed by atoms with Crippen molar-refractivity contribution in [3.8, 4) is 11.5 Å². The van der Waals surface area contributed by atoms with Crippen LogP contribution in [0.3, 0.4) is 0 Å². The molecule has 0 aliphatic carbocycles. The van der Waals surface area contributed by atoms with Crippen LogP contribution in [0.5, 0.6) is 11.5 Å². The highest BCUT2D eigenvalue weighted by Gasteiger charge is 2.17. The zero-order valence-electron chi connectivity index (χ0n) is 11.8. The van der Waals surface area contributed by atoms with Gasteiger partial charge in [0.25, 0.3) is 0 Å². The summed E-state index contributed by atoms with van der Waals surface area (Å²) in [5.74, 6) is 0.496. The van der Waals surface area contributed by atoms with E-state index in [1.54, 1.807) is 44.3 Å². The van der Waals surface area contributed by atoms with Gasteiger partial charge in [-0.25, -0.2) is 9.78 Å². The number of hydrogen-bond acceptors (Lipinski definition) is 5. The van der Waals surface area contributed by atoms with Crippen LogP contribution in [-0.4, -0.2) is 44.4 Å². The number of rotatable bonds is 4. The van der Waals surface area contributed by atoms with Gasteiger partial charge in [0.1, 0.15) is 22.9 Å². The molecule has 106 valence electrons. The summed E-state index contributed by atoms with van der Waals surface area (Å²) in [6, 6.07) is 5.01. The molecule has 2 aromatic rings. The van der Waals surface area contributed by atoms with Crippen molar-refractivity contribution < 1.29 is 19.4 Å². The highest BCUT2D eigenvalue weighted by atomic mass is 16.5. The largest absolute Gasteiger partial charge is 0.497 e. The fourth-order valence-electron chi connectivity index (χ4n) is 1.99. The zero-order chi connectivity index (χ0) is 14.9. The predicted molar refractivity (Wildman–Crippen MR) is 76.1 cm³/mol. The molecule has 0 saturated heterocycles. The van der Waals surface area contributed by atoms with Gasteiger partial charge in [-0.3, -0.25) is 0 Å². The van der Waals surface area contributed by atoms with E-state index in [2.05, 4.69) is 4.98 Å². The Hall–Kier alpha value is -2.50. The highest BCUT2D eigenvalue weighted by Crippen LogP contribution is 2.33. The van der Waals surface area contributed by atoms with E-state index in [9.17, 15) is 9.90 Å². The molecular formula is C14H16N2O4. The molecule has 0 spiro atoms. The molecule has 0 fully saturated rings. The van der Waals surface area contributed by atoms with Crippen LogP contribution in [-0.2, 0) is 0 Å². The lowest BCUT2D eigenvalue weighted by atomic mass is 10.1. The Kier molecular flexibility index (Phi) is 3.65. The molecule has 6 nitrogen and oxygen atoms in total. The molecule has 1 N–H and O–H groups in total. The number of aromatic carboxylic acids is 1. The lowest BCUT2D eigenvalue weighted by molar-refractivity contribution is 0.0697. The normalized spacial score (nSPS) is 10.4. The number of aromatic nitrogens is 1. The molecule has 0 aliphatic rings. The minimum atomic E-state index is -1.03. The zero-order valence-corrected chi connectivity index (χ0v) is 11.8. The van der Waals surface area contributed by atoms with Gasteiger partial charge >= 0.3 is 5.97 Å². The topological polar surface area (TPSA) is 71.9 Å². The fraction of sp³-hybridized carbons (Fsp3) is 0.286. The van der Waals surface area contributed by atoms with Gasteiger partial charge in [-0.05, 0) is 6.07 Å². The lowest BCUT2D eigenvalue weighted by Crippen LogP contribution is -2.16. The van der Waals surface area contributed by atoms with E-state index in [4.69, 9.17) is 9.47 Å². The number of hydrogen-bond donors (Lipinski definition) is 1. The number of carboxylic acids is 1. The summed E-state index contributed by atoms with van der Waals surface area (Å²) in [6.07, 6.45) is 0. The van der Waals surface area contributed by atoms with Crippen molar-refractivity contribution in [2.45, 2.75) is 0 Å². The first-order valence-corrected chi connectivity index (χ1v) is 5.95. The molecule has 0 aliphatic heterocycles. The monoisotopic (exact) mass is 276 g/mol. The van der Waals surface area contributed by atoms with Crippen LogP contribution in [0.2, 0.25) is 0 Å². The summed E-state index contributed by atoms with van der Waals surface area (Å²) >= 11 is 0. The van der Waals surface area contributed by atoms with Crippen molar-refractivity contribution >= 4 is 22.7 Å². The standard InChI is InChI=1S/C14H16N2O4/c1-16(2)13-10(14(17)18)7-9-11(15-13)5-8(19-3)6-12(9)20-4/h5-7H,1-4H3,(H,17,18). The second kappa shape index (κ2) is 5.24. The molecule has 0 atom stereocenters. The van der Waals surface area contributed by atoms with Crippen molar-refractivity contribution in [1.29, 1.82) is 0 Å². The van der Waals surface area contributed by atoms with Gasteiger partial charge in [-0.1, -0.05) is 0 Å². The smallest absolute Gasteiger partial charge is 0.339 e. The molecule has 2 rings (SSSR count). The predicted octanol–water partition coefficient (Wildman–Crippen LogP) is 2.02. The van der Waals surface area contributed by atoms with Crippen molar-refractivity contribution in [3.63, 3.8) is 0 Å². The molecule has 1 heterocycles. The van der Waals surface area contributed by atoms with Gasteiger partial charge < -0.3 is 19.5 Å². The first-order valence-electron chi connectivity index (χ1n) is 5.95. The van der Waals surface area contributed by atoms with E-state index in [0.29, 0.717) is 28.2 Å². The molecular weight excluding hydrogens is 260 g/mol. The highest BCUT2D eigenvalue weighted by molar-refractivity contribution is 6.00. The Morgan fingerprint density at radius 3 is 2.40 bits per heavy atom. The van der Waals surface area contributed by atoms with Gasteiger partial charge in [-0.2, -0.15) is 0 Å². The van der Waals surface area contributed by atoms with E-state index in [-0.39, 0.29) is 5.56 Å². The van der Waals surface area contributed by atoms with E-state index >= 15 is 0 Å². The van der Waals surface area contributed by atoms with E-state index in [1.165, 1.54) is 7.11 Å². The Morgan fingerprint density at radius 2 is 1.90 bits per heavy atom. The summed E-state index contributed by atoms with van der Waals surface area (Å²) in [5.41, 5.74) is 0.751. The van der Waals surface area contributed by atoms with Gasteiger partial charge in [-0.15, -0.1) is 0 Å². The number of nitrogens with zero attached hydrogens (tertiary/aromatic N) is 2. The molecule has 1 aromatic heterocycles. The first-order chi connectivity index (χ1) is 9.47. The number of carboxylic acid groups (broad SMARTS) is 1. The molecule has 0 saturated carbocycles. The number of methoxy groups -OCH3 is 2. The van der Waals surface area contributed by atoms with E-state index in [1.807, 2.05) is 0 Å². The van der Waals surface area contributed by atoms with Crippen molar-refractivity contribution in [2.24, 2.45) is 0 Å². The maximum atomic E-state index is 11.4. The van der Waals surface area contributed by atoms with Crippen LogP contribution in [0.1, 0.15) is 10.4 Å². The van der Waals surface area contributed by atoms with E-state index < -0.39 is 5.97 Å². The SMILES string of the molecule is COc1cc(OC)c2cc(C(=O)O)c(N(C)C)nc2c1. The summed E-state index contributed by atoms with van der Waals surface area (Å²) in [6.45, 7) is 0. The van der Waals surface area contributed by atoms with Crippen molar-refractivity contribution in [1.82, 2.24) is 4.98 Å². The van der Waals surface area contributed by atoms with Crippen LogP contribution >= 0.6 is 0 Å². The van der Waals surface area contributed by atoms with Gasteiger partial charge in [0.05, 0.1) is 19.7 Å². The Bertz CT molecular complexity index is 668. The number of ether oxygens (including phenoxy) is 2. The van der Waals surface area contributed by atoms with Crippen LogP contribution < -0.4 is 14.4 Å². The van der Waals surface area contributed by atoms with Crippen molar-refractivity contribution in [2.75, 3.05) is 33.2 Å². The molecule has 0 amide bonds. The molecule has 0 bridgehead atoms. The molecule has 6 heteroatoms. The number of pyridine rings is 1. The van der Waals surface area contributed by atoms with Crippen LogP contribution in [0.4, 0.5) is 5.82 Å². The maximum Gasteiger partial charge on any atom is 0.339 e. The second-order valence-corrected chi connectivity index (χ2v) is 4.46. The van der Waals surface area contributed by atoms with Gasteiger partial charge in [0, 0.05) is 31.6 Å². The Balaban J connectivity index is 2.82. The maximum absolute atomic E-state index is 11.4. The minimum Gasteiger partial charge on any atom is -0.497 e. The van der Waals surface area contributed by atoms with Crippen LogP contribution in [0, 0.1) is 0 Å². The van der Waals surface area contributed by atoms with E-state index in [0.717, 1.165) is 0 Å². The number of carbonyl (C=O) groups is 1. The summed E-state index contributed by atoms with van der Waals surface area (Å²) in [7, 11) is 6.57. The minimum absolute atomic E-state index is 0.131. The Morgan fingerprint density at radius 1 is 1.20 bits per heavy atom. The lowest BCUT2D eigenvalue weighted by Gasteiger charge is -2.16. The van der Waals surface area contributed by atoms with Crippen molar-refractivity contribution in [3.05, 3.63) is 23.8 Å². The third kappa shape index (κ3) is 2.32. The molecule has 20 heavy (non-hydrogen) atoms. The van der Waals surface area contributed by atoms with Gasteiger partial charge in [0.2, 0.25) is 0 Å². The average molecular weight is 276 g/mol. The van der Waals surface area contributed by atoms with Crippen LogP contribution in [0.25, 0.3) is 10.9 Å². The first kappa shape index (κ1) is 13.9. The quantitative estimate of drug-likeness (QED) is 0.921. The summed E-state index contributed by atoms with van der Waals surface area (Å²) in [5, 5.41) is 9.94. The summed E-state index contributed by atoms with van der Waals surface area (Å²) in [4.78, 5) is 17.4. The molecule has 0 radical (unpaired) electrons. The number of benzene rings is 1. The molecule has 0 unspecified atom stereocenters. The summed E-state index contributed by atoms with van der Waals surface area (Å²) < 4.78 is 10.5. The number of anilines is 1. The van der Waals surface area contributed by atoms with Crippen LogP contribution in [0.15, 0.2) is 18.2 Å². The fourth-order valence-corrected chi connectivity index (χ4v) is 1.99.